The molecule has 0 saturated heterocycles. The summed E-state index contributed by atoms with van der Waals surface area (Å²) in [6.45, 7) is 14.4. The van der Waals surface area contributed by atoms with Gasteiger partial charge < -0.3 is 10.6 Å². The zero-order chi connectivity index (χ0) is 12.8. The molecule has 0 radical (unpaired) electrons. The van der Waals surface area contributed by atoms with Gasteiger partial charge in [0.15, 0.2) is 0 Å². The molecular weight excluding hydrogens is 198 g/mol. The summed E-state index contributed by atoms with van der Waals surface area (Å²) < 4.78 is 0. The molecule has 0 amide bonds. The average molecular weight is 227 g/mol. The summed E-state index contributed by atoms with van der Waals surface area (Å²) in [7, 11) is 0. The van der Waals surface area contributed by atoms with Crippen LogP contribution >= 0.6 is 0 Å². The summed E-state index contributed by atoms with van der Waals surface area (Å²) in [5, 5.41) is 7.28. The Morgan fingerprint density at radius 2 is 1.81 bits per heavy atom. The van der Waals surface area contributed by atoms with Gasteiger partial charge in [-0.05, 0) is 24.3 Å². The van der Waals surface area contributed by atoms with E-state index in [-0.39, 0.29) is 0 Å². The quantitative estimate of drug-likeness (QED) is 0.519. The van der Waals surface area contributed by atoms with Gasteiger partial charge in [0.05, 0.1) is 5.84 Å². The van der Waals surface area contributed by atoms with Gasteiger partial charge in [0.25, 0.3) is 0 Å². The molecule has 0 aliphatic carbocycles. The minimum atomic E-state index is 0.296. The van der Waals surface area contributed by atoms with Gasteiger partial charge in [-0.1, -0.05) is 34.6 Å². The summed E-state index contributed by atoms with van der Waals surface area (Å²) >= 11 is 0. The van der Waals surface area contributed by atoms with Crippen molar-refractivity contribution in [1.29, 1.82) is 5.41 Å². The first-order valence-corrected chi connectivity index (χ1v) is 6.26. The highest BCUT2D eigenvalue weighted by atomic mass is 15.1. The molecule has 0 saturated carbocycles. The van der Waals surface area contributed by atoms with Gasteiger partial charge in [-0.2, -0.15) is 0 Å². The lowest BCUT2D eigenvalue weighted by molar-refractivity contribution is 0.212. The first kappa shape index (κ1) is 15.4. The first-order chi connectivity index (χ1) is 7.20. The summed E-state index contributed by atoms with van der Waals surface area (Å²) in [4.78, 5) is 2.43. The average Bonchev–Trinajstić information content (AvgIpc) is 2.07. The minimum Gasteiger partial charge on any atom is -0.388 e. The van der Waals surface area contributed by atoms with Gasteiger partial charge >= 0.3 is 0 Å². The standard InChI is InChI=1S/C13H29N3/c1-11(2)10-16(8-6-12(14)15)9-7-13(3,4)5/h11H,6-10H2,1-5H3,(H3,14,15). The van der Waals surface area contributed by atoms with Crippen LogP contribution in [0.4, 0.5) is 0 Å². The van der Waals surface area contributed by atoms with Crippen LogP contribution in [-0.4, -0.2) is 30.4 Å². The van der Waals surface area contributed by atoms with Crippen LogP contribution < -0.4 is 5.73 Å². The highest BCUT2D eigenvalue weighted by Crippen LogP contribution is 2.19. The molecule has 0 rings (SSSR count). The number of amidine groups is 1. The van der Waals surface area contributed by atoms with E-state index >= 15 is 0 Å². The Hall–Kier alpha value is -0.570. The molecule has 3 heteroatoms. The Bertz CT molecular complexity index is 204. The molecule has 0 aliphatic rings. The van der Waals surface area contributed by atoms with Gasteiger partial charge in [0.2, 0.25) is 0 Å². The normalized spacial score (nSPS) is 12.4. The molecular formula is C13H29N3. The van der Waals surface area contributed by atoms with Crippen molar-refractivity contribution >= 4 is 5.84 Å². The lowest BCUT2D eigenvalue weighted by atomic mass is 9.92. The molecule has 0 aromatic rings. The Morgan fingerprint density at radius 1 is 1.25 bits per heavy atom. The Kier molecular flexibility index (Phi) is 6.65. The second-order valence-corrected chi connectivity index (χ2v) is 6.28. The Morgan fingerprint density at radius 3 is 2.19 bits per heavy atom. The molecule has 0 fully saturated rings. The fourth-order valence-electron chi connectivity index (χ4n) is 1.58. The van der Waals surface area contributed by atoms with Gasteiger partial charge in [0.1, 0.15) is 0 Å². The van der Waals surface area contributed by atoms with Gasteiger partial charge in [-0.15, -0.1) is 0 Å². The molecule has 3 nitrogen and oxygen atoms in total. The van der Waals surface area contributed by atoms with Crippen LogP contribution in [0.2, 0.25) is 0 Å². The summed E-state index contributed by atoms with van der Waals surface area (Å²) in [5.74, 6) is 0.969. The number of rotatable bonds is 7. The van der Waals surface area contributed by atoms with Crippen LogP contribution in [0.5, 0.6) is 0 Å². The van der Waals surface area contributed by atoms with Crippen LogP contribution in [0.1, 0.15) is 47.5 Å². The van der Waals surface area contributed by atoms with Crippen molar-refractivity contribution < 1.29 is 0 Å². The third-order valence-corrected chi connectivity index (χ3v) is 2.50. The SMILES string of the molecule is CC(C)CN(CCC(=N)N)CCC(C)(C)C. The maximum Gasteiger partial charge on any atom is 0.0918 e. The summed E-state index contributed by atoms with van der Waals surface area (Å²) in [5.41, 5.74) is 5.79. The lowest BCUT2D eigenvalue weighted by Crippen LogP contribution is -2.33. The summed E-state index contributed by atoms with van der Waals surface area (Å²) in [6, 6.07) is 0. The molecule has 96 valence electrons. The van der Waals surface area contributed by atoms with Crippen molar-refractivity contribution in [2.75, 3.05) is 19.6 Å². The number of nitrogens with two attached hydrogens (primary N) is 1. The predicted octanol–water partition coefficient (Wildman–Crippen LogP) is 2.71. The van der Waals surface area contributed by atoms with Crippen molar-refractivity contribution in [3.05, 3.63) is 0 Å². The molecule has 0 aliphatic heterocycles. The Labute approximate surface area is 101 Å². The monoisotopic (exact) mass is 227 g/mol. The second-order valence-electron chi connectivity index (χ2n) is 6.28. The molecule has 0 heterocycles. The topological polar surface area (TPSA) is 53.1 Å². The van der Waals surface area contributed by atoms with E-state index < -0.39 is 0 Å². The molecule has 3 N–H and O–H groups in total. The van der Waals surface area contributed by atoms with Crippen molar-refractivity contribution in [3.8, 4) is 0 Å². The fraction of sp³-hybridized carbons (Fsp3) is 0.923. The third-order valence-electron chi connectivity index (χ3n) is 2.50. The van der Waals surface area contributed by atoms with Crippen molar-refractivity contribution in [2.45, 2.75) is 47.5 Å². The highest BCUT2D eigenvalue weighted by molar-refractivity contribution is 5.76. The van der Waals surface area contributed by atoms with Crippen LogP contribution in [-0.2, 0) is 0 Å². The zero-order valence-corrected chi connectivity index (χ0v) is 11.6. The van der Waals surface area contributed by atoms with E-state index in [0.29, 0.717) is 23.6 Å². The van der Waals surface area contributed by atoms with Gasteiger partial charge in [0, 0.05) is 19.5 Å². The largest absolute Gasteiger partial charge is 0.388 e. The lowest BCUT2D eigenvalue weighted by Gasteiger charge is -2.28. The van der Waals surface area contributed by atoms with Crippen LogP contribution in [0.3, 0.4) is 0 Å². The van der Waals surface area contributed by atoms with Crippen molar-refractivity contribution in [1.82, 2.24) is 4.90 Å². The molecule has 0 aromatic carbocycles. The molecule has 0 unspecified atom stereocenters. The van der Waals surface area contributed by atoms with Crippen LogP contribution in [0.15, 0.2) is 0 Å². The number of hydrogen-bond acceptors (Lipinski definition) is 2. The maximum atomic E-state index is 7.28. The van der Waals surface area contributed by atoms with Crippen LogP contribution in [0, 0.1) is 16.7 Å². The number of hydrogen-bond donors (Lipinski definition) is 2. The predicted molar refractivity (Wildman–Crippen MR) is 71.9 cm³/mol. The van der Waals surface area contributed by atoms with E-state index in [2.05, 4.69) is 39.5 Å². The van der Waals surface area contributed by atoms with E-state index in [1.807, 2.05) is 0 Å². The van der Waals surface area contributed by atoms with Crippen molar-refractivity contribution in [3.63, 3.8) is 0 Å². The smallest absolute Gasteiger partial charge is 0.0918 e. The molecule has 0 bridgehead atoms. The number of nitrogens with one attached hydrogen (secondary N) is 1. The van der Waals surface area contributed by atoms with E-state index in [9.17, 15) is 0 Å². The molecule has 0 aromatic heterocycles. The van der Waals surface area contributed by atoms with Gasteiger partial charge in [-0.3, -0.25) is 5.41 Å². The van der Waals surface area contributed by atoms with E-state index in [1.165, 1.54) is 6.42 Å². The van der Waals surface area contributed by atoms with E-state index in [0.717, 1.165) is 19.6 Å². The molecule has 0 spiro atoms. The maximum absolute atomic E-state index is 7.28. The Balaban J connectivity index is 4.05. The third kappa shape index (κ3) is 9.97. The van der Waals surface area contributed by atoms with E-state index in [1.54, 1.807) is 0 Å². The molecule has 16 heavy (non-hydrogen) atoms. The van der Waals surface area contributed by atoms with Crippen molar-refractivity contribution in [2.24, 2.45) is 17.1 Å². The van der Waals surface area contributed by atoms with E-state index in [4.69, 9.17) is 11.1 Å². The first-order valence-electron chi connectivity index (χ1n) is 6.26. The minimum absolute atomic E-state index is 0.296. The highest BCUT2D eigenvalue weighted by Gasteiger charge is 2.14. The van der Waals surface area contributed by atoms with Gasteiger partial charge in [-0.25, -0.2) is 0 Å². The number of nitrogens with zero attached hydrogens (tertiary/aromatic N) is 1. The zero-order valence-electron chi connectivity index (χ0n) is 11.6. The second kappa shape index (κ2) is 6.89. The molecule has 0 atom stereocenters. The summed E-state index contributed by atoms with van der Waals surface area (Å²) in [6.07, 6.45) is 1.88. The fourth-order valence-corrected chi connectivity index (χ4v) is 1.58. The van der Waals surface area contributed by atoms with Crippen LogP contribution in [0.25, 0.3) is 0 Å².